The molecule has 0 bridgehead atoms. The Morgan fingerprint density at radius 2 is 1.61 bits per heavy atom. The molecule has 1 aliphatic carbocycles. The largest absolute Gasteiger partial charge is 0.454 e. The number of hydrogen-bond acceptors (Lipinski definition) is 8. The lowest BCUT2D eigenvalue weighted by Crippen LogP contribution is -2.51. The molecule has 2 aliphatic heterocycles. The van der Waals surface area contributed by atoms with Gasteiger partial charge in [0.05, 0.1) is 11.8 Å². The van der Waals surface area contributed by atoms with E-state index in [1.807, 2.05) is 4.90 Å². The van der Waals surface area contributed by atoms with Gasteiger partial charge in [-0.2, -0.15) is 0 Å². The van der Waals surface area contributed by atoms with Crippen LogP contribution < -0.4 is 4.90 Å². The summed E-state index contributed by atoms with van der Waals surface area (Å²) < 4.78 is 5.18. The molecule has 0 radical (unpaired) electrons. The number of ether oxygens (including phenoxy) is 1. The summed E-state index contributed by atoms with van der Waals surface area (Å²) in [4.78, 5) is 63.3. The molecule has 0 spiro atoms. The number of fused-ring (bicyclic) bond motifs is 1. The van der Waals surface area contributed by atoms with E-state index < -0.39 is 18.6 Å². The zero-order valence-electron chi connectivity index (χ0n) is 17.6. The molecule has 3 aliphatic rings. The van der Waals surface area contributed by atoms with E-state index >= 15 is 0 Å². The first-order chi connectivity index (χ1) is 15.0. The highest BCUT2D eigenvalue weighted by Gasteiger charge is 2.51. The third-order valence-corrected chi connectivity index (χ3v) is 6.41. The summed E-state index contributed by atoms with van der Waals surface area (Å²) in [7, 11) is 0. The molecule has 10 heteroatoms. The Balaban J connectivity index is 1.26. The lowest BCUT2D eigenvalue weighted by atomic mass is 9.81. The van der Waals surface area contributed by atoms with Gasteiger partial charge in [0.2, 0.25) is 17.8 Å². The van der Waals surface area contributed by atoms with Gasteiger partial charge in [-0.1, -0.05) is 12.8 Å². The van der Waals surface area contributed by atoms with Gasteiger partial charge in [0, 0.05) is 38.6 Å². The first-order valence-corrected chi connectivity index (χ1v) is 10.8. The molecule has 1 aromatic heterocycles. The number of rotatable bonds is 5. The number of nitrogens with zero attached hydrogens (tertiary/aromatic N) is 5. The highest BCUT2D eigenvalue weighted by Crippen LogP contribution is 2.38. The van der Waals surface area contributed by atoms with E-state index in [2.05, 4.69) is 9.97 Å². The number of imide groups is 1. The van der Waals surface area contributed by atoms with Crippen molar-refractivity contribution >= 4 is 29.6 Å². The van der Waals surface area contributed by atoms with Crippen LogP contribution in [0.2, 0.25) is 0 Å². The van der Waals surface area contributed by atoms with Crippen LogP contribution in [0, 0.1) is 11.8 Å². The van der Waals surface area contributed by atoms with Gasteiger partial charge in [-0.15, -0.1) is 0 Å². The van der Waals surface area contributed by atoms with Gasteiger partial charge >= 0.3 is 5.97 Å². The average Bonchev–Trinajstić information content (AvgIpc) is 3.07. The summed E-state index contributed by atoms with van der Waals surface area (Å²) in [5, 5.41) is 0. The minimum atomic E-state index is -1.02. The van der Waals surface area contributed by atoms with Crippen molar-refractivity contribution in [2.45, 2.75) is 38.6 Å². The van der Waals surface area contributed by atoms with E-state index in [1.54, 1.807) is 23.4 Å². The molecule has 1 saturated carbocycles. The molecule has 3 heterocycles. The number of carbonyl (C=O) groups excluding carboxylic acids is 4. The van der Waals surface area contributed by atoms with Crippen molar-refractivity contribution in [1.82, 2.24) is 19.8 Å². The SMILES string of the molecule is C[C@@H](C(=O)OCC(=O)N1CCN(c2ncccn2)CC1)N1C(=O)C2CCCCC2C1=O. The number of piperazine rings is 1. The third kappa shape index (κ3) is 4.24. The van der Waals surface area contributed by atoms with Crippen molar-refractivity contribution in [2.75, 3.05) is 37.7 Å². The average molecular weight is 429 g/mol. The molecule has 0 aromatic carbocycles. The van der Waals surface area contributed by atoms with Crippen molar-refractivity contribution in [3.63, 3.8) is 0 Å². The summed E-state index contributed by atoms with van der Waals surface area (Å²) in [5.74, 6) is -1.62. The number of anilines is 1. The van der Waals surface area contributed by atoms with Crippen LogP contribution >= 0.6 is 0 Å². The maximum Gasteiger partial charge on any atom is 0.329 e. The van der Waals surface area contributed by atoms with E-state index in [0.29, 0.717) is 45.0 Å². The summed E-state index contributed by atoms with van der Waals surface area (Å²) in [5.41, 5.74) is 0. The maximum absolute atomic E-state index is 12.6. The fraction of sp³-hybridized carbons (Fsp3) is 0.619. The Morgan fingerprint density at radius 3 is 2.19 bits per heavy atom. The van der Waals surface area contributed by atoms with Crippen LogP contribution in [0.25, 0.3) is 0 Å². The summed E-state index contributed by atoms with van der Waals surface area (Å²) >= 11 is 0. The summed E-state index contributed by atoms with van der Waals surface area (Å²) in [6.45, 7) is 3.18. The molecule has 3 fully saturated rings. The zero-order chi connectivity index (χ0) is 22.0. The predicted molar refractivity (Wildman–Crippen MR) is 109 cm³/mol. The molecule has 0 N–H and O–H groups in total. The highest BCUT2D eigenvalue weighted by atomic mass is 16.5. The fourth-order valence-electron chi connectivity index (χ4n) is 4.63. The van der Waals surface area contributed by atoms with E-state index in [4.69, 9.17) is 4.74 Å². The Bertz CT molecular complexity index is 831. The van der Waals surface area contributed by atoms with Gasteiger partial charge in [0.25, 0.3) is 5.91 Å². The number of likely N-dealkylation sites (tertiary alicyclic amines) is 1. The standard InChI is InChI=1S/C21H27N5O5/c1-14(26-18(28)15-5-2-3-6-16(15)19(26)29)20(30)31-13-17(27)24-9-11-25(12-10-24)21-22-7-4-8-23-21/h4,7-8,14-16H,2-3,5-6,9-13H2,1H3/t14-,15?,16?/m0/s1. The van der Waals surface area contributed by atoms with Crippen LogP contribution in [0.3, 0.4) is 0 Å². The molecular weight excluding hydrogens is 402 g/mol. The van der Waals surface area contributed by atoms with Crippen LogP contribution in [0.1, 0.15) is 32.6 Å². The molecule has 3 amide bonds. The Morgan fingerprint density at radius 1 is 1.03 bits per heavy atom. The van der Waals surface area contributed by atoms with E-state index in [-0.39, 0.29) is 29.6 Å². The fourth-order valence-corrected chi connectivity index (χ4v) is 4.63. The molecule has 31 heavy (non-hydrogen) atoms. The second kappa shape index (κ2) is 8.99. The molecule has 166 valence electrons. The van der Waals surface area contributed by atoms with Gasteiger partial charge in [0.1, 0.15) is 6.04 Å². The highest BCUT2D eigenvalue weighted by molar-refractivity contribution is 6.07. The summed E-state index contributed by atoms with van der Waals surface area (Å²) in [6, 6.07) is 0.723. The van der Waals surface area contributed by atoms with E-state index in [0.717, 1.165) is 17.7 Å². The van der Waals surface area contributed by atoms with Crippen molar-refractivity contribution in [1.29, 1.82) is 0 Å². The topological polar surface area (TPSA) is 113 Å². The van der Waals surface area contributed by atoms with Gasteiger partial charge in [-0.25, -0.2) is 14.8 Å². The Hall–Kier alpha value is -3.04. The molecule has 2 unspecified atom stereocenters. The monoisotopic (exact) mass is 429 g/mol. The smallest absolute Gasteiger partial charge is 0.329 e. The summed E-state index contributed by atoms with van der Waals surface area (Å²) in [6.07, 6.45) is 6.56. The van der Waals surface area contributed by atoms with Gasteiger partial charge in [0.15, 0.2) is 6.61 Å². The first-order valence-electron chi connectivity index (χ1n) is 10.8. The number of esters is 1. The molecule has 1 aromatic rings. The minimum Gasteiger partial charge on any atom is -0.454 e. The maximum atomic E-state index is 12.6. The van der Waals surface area contributed by atoms with Crippen molar-refractivity contribution < 1.29 is 23.9 Å². The third-order valence-electron chi connectivity index (χ3n) is 6.41. The predicted octanol–water partition coefficient (Wildman–Crippen LogP) is 0.232. The number of amides is 3. The molecule has 4 rings (SSSR count). The second-order valence-electron chi connectivity index (χ2n) is 8.24. The van der Waals surface area contributed by atoms with Crippen molar-refractivity contribution in [2.24, 2.45) is 11.8 Å². The van der Waals surface area contributed by atoms with Gasteiger partial charge < -0.3 is 14.5 Å². The minimum absolute atomic E-state index is 0.287. The van der Waals surface area contributed by atoms with Gasteiger partial charge in [-0.05, 0) is 25.8 Å². The van der Waals surface area contributed by atoms with Crippen LogP contribution in [0.15, 0.2) is 18.5 Å². The van der Waals surface area contributed by atoms with Crippen LogP contribution in [-0.2, 0) is 23.9 Å². The van der Waals surface area contributed by atoms with Gasteiger partial charge in [-0.3, -0.25) is 19.3 Å². The van der Waals surface area contributed by atoms with Crippen LogP contribution in [-0.4, -0.2) is 82.3 Å². The first kappa shape index (κ1) is 21.2. The number of hydrogen-bond donors (Lipinski definition) is 0. The number of aromatic nitrogens is 2. The van der Waals surface area contributed by atoms with Crippen LogP contribution in [0.4, 0.5) is 5.95 Å². The van der Waals surface area contributed by atoms with E-state index in [9.17, 15) is 19.2 Å². The zero-order valence-corrected chi connectivity index (χ0v) is 17.6. The Labute approximate surface area is 180 Å². The normalized spacial score (nSPS) is 24.7. The lowest BCUT2D eigenvalue weighted by molar-refractivity contribution is -0.161. The number of carbonyl (C=O) groups is 4. The molecule has 3 atom stereocenters. The lowest BCUT2D eigenvalue weighted by Gasteiger charge is -2.34. The van der Waals surface area contributed by atoms with Crippen molar-refractivity contribution in [3.8, 4) is 0 Å². The quantitative estimate of drug-likeness (QED) is 0.483. The molecule has 2 saturated heterocycles. The molecular formula is C21H27N5O5. The second-order valence-corrected chi connectivity index (χ2v) is 8.24. The van der Waals surface area contributed by atoms with E-state index in [1.165, 1.54) is 6.92 Å². The molecule has 10 nitrogen and oxygen atoms in total. The van der Waals surface area contributed by atoms with Crippen LogP contribution in [0.5, 0.6) is 0 Å². The Kier molecular flexibility index (Phi) is 6.15. The van der Waals surface area contributed by atoms with Crippen molar-refractivity contribution in [3.05, 3.63) is 18.5 Å².